The van der Waals surface area contributed by atoms with Crippen LogP contribution in [0.2, 0.25) is 0 Å². The lowest BCUT2D eigenvalue weighted by Crippen LogP contribution is -2.38. The summed E-state index contributed by atoms with van der Waals surface area (Å²) in [4.78, 5) is 0.737. The van der Waals surface area contributed by atoms with Gasteiger partial charge in [-0.1, -0.05) is 56.4 Å². The van der Waals surface area contributed by atoms with Crippen molar-refractivity contribution in [3.8, 4) is 10.6 Å². The largest absolute Gasteiger partial charge is 0.234 e. The molecule has 0 radical (unpaired) electrons. The molecule has 0 aliphatic carbocycles. The third kappa shape index (κ3) is 3.70. The number of hydrogen-bond donors (Lipinski definition) is 0. The highest BCUT2D eigenvalue weighted by Crippen LogP contribution is 2.32. The molecule has 4 rings (SSSR count). The minimum Gasteiger partial charge on any atom is -0.213 e. The summed E-state index contributed by atoms with van der Waals surface area (Å²) in [5.41, 5.74) is 2.44. The number of aromatic nitrogens is 4. The summed E-state index contributed by atoms with van der Waals surface area (Å²) in [5, 5.41) is 14.2. The van der Waals surface area contributed by atoms with Crippen LogP contribution in [0.25, 0.3) is 15.5 Å². The Labute approximate surface area is 169 Å². The van der Waals surface area contributed by atoms with E-state index in [-0.39, 0.29) is 11.3 Å². The molecule has 150 valence electrons. The Morgan fingerprint density at radius 1 is 1.14 bits per heavy atom. The summed E-state index contributed by atoms with van der Waals surface area (Å²) < 4.78 is 27.2. The van der Waals surface area contributed by atoms with Crippen molar-refractivity contribution in [1.82, 2.24) is 24.1 Å². The van der Waals surface area contributed by atoms with E-state index in [1.165, 1.54) is 27.5 Å². The van der Waals surface area contributed by atoms with Crippen LogP contribution in [0.5, 0.6) is 0 Å². The van der Waals surface area contributed by atoms with Gasteiger partial charge < -0.3 is 0 Å². The van der Waals surface area contributed by atoms with Crippen LogP contribution in [0.1, 0.15) is 50.9 Å². The molecule has 1 fully saturated rings. The molecule has 1 saturated heterocycles. The van der Waals surface area contributed by atoms with E-state index in [0.717, 1.165) is 34.2 Å². The van der Waals surface area contributed by atoms with E-state index in [1.54, 1.807) is 4.52 Å². The van der Waals surface area contributed by atoms with Crippen molar-refractivity contribution in [3.05, 3.63) is 35.7 Å². The number of sulfonamides is 1. The highest BCUT2D eigenvalue weighted by atomic mass is 32.2. The molecular weight excluding hydrogens is 394 g/mol. The first kappa shape index (κ1) is 19.5. The molecule has 2 aromatic heterocycles. The standard InChI is InChI=1S/C19H25N5O2S2/c1-19(2,3)15-9-7-13(8-10-15)17-22-24-16(20-21-18(24)27-17)14-6-5-11-23(12-14)28(4,25)26/h7-10,14H,5-6,11-12H2,1-4H3. The van der Waals surface area contributed by atoms with Gasteiger partial charge in [0, 0.05) is 24.6 Å². The van der Waals surface area contributed by atoms with Crippen LogP contribution in [0.4, 0.5) is 0 Å². The molecule has 0 spiro atoms. The van der Waals surface area contributed by atoms with Crippen LogP contribution < -0.4 is 0 Å². The van der Waals surface area contributed by atoms with Crippen LogP contribution in [0, 0.1) is 0 Å². The number of rotatable bonds is 3. The fraction of sp³-hybridized carbons (Fsp3) is 0.526. The van der Waals surface area contributed by atoms with Gasteiger partial charge >= 0.3 is 0 Å². The third-order valence-corrected chi connectivity index (χ3v) is 7.45. The molecule has 1 aromatic carbocycles. The highest BCUT2D eigenvalue weighted by molar-refractivity contribution is 7.88. The van der Waals surface area contributed by atoms with Crippen molar-refractivity contribution in [2.24, 2.45) is 0 Å². The van der Waals surface area contributed by atoms with E-state index < -0.39 is 10.0 Å². The van der Waals surface area contributed by atoms with Gasteiger partial charge in [0.05, 0.1) is 6.26 Å². The number of benzene rings is 1. The highest BCUT2D eigenvalue weighted by Gasteiger charge is 2.30. The Morgan fingerprint density at radius 3 is 2.50 bits per heavy atom. The summed E-state index contributed by atoms with van der Waals surface area (Å²) in [6.07, 6.45) is 2.97. The van der Waals surface area contributed by atoms with Crippen LogP contribution in [-0.4, -0.2) is 51.9 Å². The maximum Gasteiger partial charge on any atom is 0.234 e. The first-order valence-electron chi connectivity index (χ1n) is 9.41. The summed E-state index contributed by atoms with van der Waals surface area (Å²) >= 11 is 1.50. The first-order valence-corrected chi connectivity index (χ1v) is 12.1. The van der Waals surface area contributed by atoms with Crippen molar-refractivity contribution in [1.29, 1.82) is 0 Å². The zero-order valence-electron chi connectivity index (χ0n) is 16.6. The summed E-state index contributed by atoms with van der Waals surface area (Å²) in [5.74, 6) is 0.758. The Hall–Kier alpha value is -1.84. The van der Waals surface area contributed by atoms with Gasteiger partial charge in [0.15, 0.2) is 5.82 Å². The van der Waals surface area contributed by atoms with Crippen LogP contribution in [0.15, 0.2) is 24.3 Å². The van der Waals surface area contributed by atoms with E-state index >= 15 is 0 Å². The molecule has 28 heavy (non-hydrogen) atoms. The Kier molecular flexibility index (Phi) is 4.79. The Balaban J connectivity index is 1.64. The van der Waals surface area contributed by atoms with Gasteiger partial charge in [-0.25, -0.2) is 12.7 Å². The molecule has 3 aromatic rings. The molecule has 0 amide bonds. The third-order valence-electron chi connectivity index (χ3n) is 5.23. The van der Waals surface area contributed by atoms with E-state index in [4.69, 9.17) is 5.10 Å². The molecule has 9 heteroatoms. The number of piperidine rings is 1. The van der Waals surface area contributed by atoms with Crippen molar-refractivity contribution in [2.45, 2.75) is 44.9 Å². The lowest BCUT2D eigenvalue weighted by Gasteiger charge is -2.29. The van der Waals surface area contributed by atoms with Gasteiger partial charge in [0.2, 0.25) is 15.0 Å². The molecular formula is C19H25N5O2S2. The molecule has 0 saturated carbocycles. The van der Waals surface area contributed by atoms with Crippen molar-refractivity contribution < 1.29 is 8.42 Å². The average molecular weight is 420 g/mol. The molecule has 1 atom stereocenters. The number of fused-ring (bicyclic) bond motifs is 1. The molecule has 0 N–H and O–H groups in total. The number of hydrogen-bond acceptors (Lipinski definition) is 6. The average Bonchev–Trinajstić information content (AvgIpc) is 3.21. The maximum atomic E-state index is 11.9. The SMILES string of the molecule is CC(C)(C)c1ccc(-c2nn3c(C4CCCN(S(C)(=O)=O)C4)nnc3s2)cc1. The Morgan fingerprint density at radius 2 is 1.86 bits per heavy atom. The zero-order chi connectivity index (χ0) is 20.1. The maximum absolute atomic E-state index is 11.9. The normalized spacial score (nSPS) is 19.4. The predicted molar refractivity (Wildman–Crippen MR) is 111 cm³/mol. The summed E-state index contributed by atoms with van der Waals surface area (Å²) in [6, 6.07) is 8.48. The second kappa shape index (κ2) is 6.89. The minimum absolute atomic E-state index is 0.0108. The molecule has 0 bridgehead atoms. The fourth-order valence-electron chi connectivity index (χ4n) is 3.57. The smallest absolute Gasteiger partial charge is 0.213 e. The quantitative estimate of drug-likeness (QED) is 0.651. The van der Waals surface area contributed by atoms with Gasteiger partial charge in [0.25, 0.3) is 0 Å². The van der Waals surface area contributed by atoms with Crippen LogP contribution in [0.3, 0.4) is 0 Å². The molecule has 3 heterocycles. The van der Waals surface area contributed by atoms with E-state index in [2.05, 4.69) is 55.2 Å². The van der Waals surface area contributed by atoms with Gasteiger partial charge in [-0.3, -0.25) is 0 Å². The zero-order valence-corrected chi connectivity index (χ0v) is 18.2. The lowest BCUT2D eigenvalue weighted by molar-refractivity contribution is 0.309. The molecule has 1 aliphatic heterocycles. The van der Waals surface area contributed by atoms with Gasteiger partial charge in [-0.05, 0) is 23.8 Å². The fourth-order valence-corrected chi connectivity index (χ4v) is 5.33. The van der Waals surface area contributed by atoms with Crippen LogP contribution >= 0.6 is 11.3 Å². The van der Waals surface area contributed by atoms with E-state index in [0.29, 0.717) is 13.1 Å². The topological polar surface area (TPSA) is 80.5 Å². The summed E-state index contributed by atoms with van der Waals surface area (Å²) in [6.45, 7) is 7.59. The van der Waals surface area contributed by atoms with Crippen molar-refractivity contribution in [3.63, 3.8) is 0 Å². The van der Waals surface area contributed by atoms with Gasteiger partial charge in [-0.15, -0.1) is 10.2 Å². The first-order chi connectivity index (χ1) is 13.1. The van der Waals surface area contributed by atoms with Gasteiger partial charge in [0.1, 0.15) is 5.01 Å². The van der Waals surface area contributed by atoms with E-state index in [9.17, 15) is 8.42 Å². The van der Waals surface area contributed by atoms with Gasteiger partial charge in [-0.2, -0.15) is 9.61 Å². The van der Waals surface area contributed by atoms with E-state index in [1.807, 2.05) is 0 Å². The van der Waals surface area contributed by atoms with Crippen molar-refractivity contribution >= 4 is 26.3 Å². The number of nitrogens with zero attached hydrogens (tertiary/aromatic N) is 5. The molecule has 7 nitrogen and oxygen atoms in total. The molecule has 1 aliphatic rings. The predicted octanol–water partition coefficient (Wildman–Crippen LogP) is 3.29. The lowest BCUT2D eigenvalue weighted by atomic mass is 9.87. The monoisotopic (exact) mass is 419 g/mol. The summed E-state index contributed by atoms with van der Waals surface area (Å²) in [7, 11) is -3.20. The Bertz CT molecular complexity index is 1090. The second-order valence-corrected chi connectivity index (χ2v) is 11.4. The van der Waals surface area contributed by atoms with Crippen LogP contribution in [-0.2, 0) is 15.4 Å². The minimum atomic E-state index is -3.20. The molecule has 1 unspecified atom stereocenters. The second-order valence-electron chi connectivity index (χ2n) is 8.45. The van der Waals surface area contributed by atoms with Crippen molar-refractivity contribution in [2.75, 3.05) is 19.3 Å².